The van der Waals surface area contributed by atoms with E-state index in [9.17, 15) is 0 Å². The zero-order chi connectivity index (χ0) is 15.1. The third-order valence-corrected chi connectivity index (χ3v) is 5.28. The lowest BCUT2D eigenvalue weighted by Crippen LogP contribution is -2.40. The van der Waals surface area contributed by atoms with Gasteiger partial charge in [-0.15, -0.1) is 0 Å². The van der Waals surface area contributed by atoms with Crippen LogP contribution in [0.3, 0.4) is 0 Å². The molecule has 1 N–H and O–H groups in total. The lowest BCUT2D eigenvalue weighted by atomic mass is 9.73. The van der Waals surface area contributed by atoms with Gasteiger partial charge in [0, 0.05) is 6.04 Å². The second-order valence-electron chi connectivity index (χ2n) is 7.17. The first-order valence-electron chi connectivity index (χ1n) is 8.98. The van der Waals surface area contributed by atoms with Gasteiger partial charge in [-0.3, -0.25) is 0 Å². The smallest absolute Gasteiger partial charge is 0.0136 e. The van der Waals surface area contributed by atoms with E-state index in [1.807, 2.05) is 0 Å². The number of hydrogen-bond donors (Lipinski definition) is 1. The van der Waals surface area contributed by atoms with Gasteiger partial charge in [-0.2, -0.15) is 0 Å². The average molecular weight is 287 g/mol. The van der Waals surface area contributed by atoms with Gasteiger partial charge in [-0.1, -0.05) is 51.1 Å². The lowest BCUT2D eigenvalue weighted by molar-refractivity contribution is 0.188. The second kappa shape index (κ2) is 8.58. The molecular formula is C20H33N. The third kappa shape index (κ3) is 5.14. The second-order valence-corrected chi connectivity index (χ2v) is 7.17. The molecule has 0 radical (unpaired) electrons. The molecule has 1 nitrogen and oxygen atoms in total. The fourth-order valence-corrected chi connectivity index (χ4v) is 3.82. The van der Waals surface area contributed by atoms with Crippen LogP contribution in [0.5, 0.6) is 0 Å². The van der Waals surface area contributed by atoms with Crippen LogP contribution < -0.4 is 5.32 Å². The quantitative estimate of drug-likeness (QED) is 0.739. The fraction of sp³-hybridized carbons (Fsp3) is 0.700. The molecule has 1 heteroatoms. The summed E-state index contributed by atoms with van der Waals surface area (Å²) in [5, 5.41) is 3.83. The Bertz CT molecular complexity index is 376. The van der Waals surface area contributed by atoms with Crippen molar-refractivity contribution in [2.75, 3.05) is 6.54 Å². The largest absolute Gasteiger partial charge is 0.313 e. The van der Waals surface area contributed by atoms with Crippen molar-refractivity contribution in [3.63, 3.8) is 0 Å². The molecular weight excluding hydrogens is 254 g/mol. The van der Waals surface area contributed by atoms with Crippen molar-refractivity contribution < 1.29 is 0 Å². The molecule has 1 saturated carbocycles. The van der Waals surface area contributed by atoms with E-state index < -0.39 is 0 Å². The van der Waals surface area contributed by atoms with Gasteiger partial charge in [-0.05, 0) is 68.4 Å². The highest BCUT2D eigenvalue weighted by Crippen LogP contribution is 2.35. The van der Waals surface area contributed by atoms with Crippen LogP contribution in [-0.2, 0) is 6.42 Å². The Morgan fingerprint density at radius 3 is 2.19 bits per heavy atom. The minimum Gasteiger partial charge on any atom is -0.313 e. The molecule has 0 aromatic heterocycles. The van der Waals surface area contributed by atoms with Gasteiger partial charge < -0.3 is 5.32 Å². The maximum atomic E-state index is 3.83. The third-order valence-electron chi connectivity index (χ3n) is 5.28. The van der Waals surface area contributed by atoms with Gasteiger partial charge in [0.1, 0.15) is 0 Å². The zero-order valence-electron chi connectivity index (χ0n) is 14.1. The Labute approximate surface area is 131 Å². The predicted octanol–water partition coefficient (Wildman–Crippen LogP) is 5.06. The van der Waals surface area contributed by atoms with E-state index >= 15 is 0 Å². The number of nitrogens with one attached hydrogen (secondary N) is 1. The average Bonchev–Trinajstić information content (AvgIpc) is 2.52. The Hall–Kier alpha value is -0.820. The Morgan fingerprint density at radius 1 is 1.00 bits per heavy atom. The van der Waals surface area contributed by atoms with Gasteiger partial charge in [0.15, 0.2) is 0 Å². The number of benzene rings is 1. The van der Waals surface area contributed by atoms with E-state index in [2.05, 4.69) is 56.4 Å². The monoisotopic (exact) mass is 287 g/mol. The van der Waals surface area contributed by atoms with Crippen molar-refractivity contribution >= 4 is 0 Å². The summed E-state index contributed by atoms with van der Waals surface area (Å²) < 4.78 is 0. The first kappa shape index (κ1) is 16.5. The molecule has 118 valence electrons. The van der Waals surface area contributed by atoms with Crippen molar-refractivity contribution in [3.8, 4) is 0 Å². The molecule has 21 heavy (non-hydrogen) atoms. The highest BCUT2D eigenvalue weighted by atomic mass is 14.9. The van der Waals surface area contributed by atoms with Crippen molar-refractivity contribution in [1.29, 1.82) is 0 Å². The molecule has 1 aliphatic rings. The van der Waals surface area contributed by atoms with Crippen molar-refractivity contribution in [2.24, 2.45) is 17.8 Å². The molecule has 1 fully saturated rings. The molecule has 1 atom stereocenters. The number of rotatable bonds is 7. The Kier molecular flexibility index (Phi) is 6.76. The van der Waals surface area contributed by atoms with Crippen LogP contribution in [0.1, 0.15) is 58.4 Å². The summed E-state index contributed by atoms with van der Waals surface area (Å²) in [6.45, 7) is 8.20. The summed E-state index contributed by atoms with van der Waals surface area (Å²) >= 11 is 0. The maximum absolute atomic E-state index is 3.83. The molecule has 1 aromatic carbocycles. The standard InChI is InChI=1S/C20H33N/c1-4-14-21-20(15-17-8-6-5-7-9-17)19-12-10-18(11-13-19)16(2)3/h5-9,16,18-21H,4,10-15H2,1-3H3. The summed E-state index contributed by atoms with van der Waals surface area (Å²) in [7, 11) is 0. The Balaban J connectivity index is 1.93. The molecule has 0 amide bonds. The molecule has 0 aliphatic heterocycles. The van der Waals surface area contributed by atoms with Crippen molar-refractivity contribution in [3.05, 3.63) is 35.9 Å². The van der Waals surface area contributed by atoms with E-state index in [-0.39, 0.29) is 0 Å². The Morgan fingerprint density at radius 2 is 1.62 bits per heavy atom. The SMILES string of the molecule is CCCNC(Cc1ccccc1)C1CCC(C(C)C)CC1. The first-order chi connectivity index (χ1) is 10.2. The van der Waals surface area contributed by atoms with Crippen LogP contribution >= 0.6 is 0 Å². The van der Waals surface area contributed by atoms with E-state index in [4.69, 9.17) is 0 Å². The predicted molar refractivity (Wildman–Crippen MR) is 92.5 cm³/mol. The highest BCUT2D eigenvalue weighted by Gasteiger charge is 2.28. The molecule has 0 bridgehead atoms. The van der Waals surface area contributed by atoms with Crippen LogP contribution in [0, 0.1) is 17.8 Å². The van der Waals surface area contributed by atoms with Crippen LogP contribution in [-0.4, -0.2) is 12.6 Å². The van der Waals surface area contributed by atoms with Gasteiger partial charge in [0.05, 0.1) is 0 Å². The van der Waals surface area contributed by atoms with E-state index in [0.717, 1.165) is 24.3 Å². The zero-order valence-corrected chi connectivity index (χ0v) is 14.1. The van der Waals surface area contributed by atoms with Crippen LogP contribution in [0.2, 0.25) is 0 Å². The minimum absolute atomic E-state index is 0.667. The van der Waals surface area contributed by atoms with Crippen molar-refractivity contribution in [2.45, 2.75) is 65.3 Å². The first-order valence-corrected chi connectivity index (χ1v) is 8.98. The van der Waals surface area contributed by atoms with Crippen LogP contribution in [0.25, 0.3) is 0 Å². The number of hydrogen-bond acceptors (Lipinski definition) is 1. The van der Waals surface area contributed by atoms with Gasteiger partial charge >= 0.3 is 0 Å². The molecule has 0 saturated heterocycles. The van der Waals surface area contributed by atoms with Gasteiger partial charge in [-0.25, -0.2) is 0 Å². The maximum Gasteiger partial charge on any atom is 0.0136 e. The molecule has 1 aromatic rings. The van der Waals surface area contributed by atoms with Gasteiger partial charge in [0.2, 0.25) is 0 Å². The van der Waals surface area contributed by atoms with E-state index in [1.165, 1.54) is 44.1 Å². The topological polar surface area (TPSA) is 12.0 Å². The minimum atomic E-state index is 0.667. The van der Waals surface area contributed by atoms with Crippen LogP contribution in [0.4, 0.5) is 0 Å². The summed E-state index contributed by atoms with van der Waals surface area (Å²) in [5.74, 6) is 2.69. The summed E-state index contributed by atoms with van der Waals surface area (Å²) in [5.41, 5.74) is 1.48. The lowest BCUT2D eigenvalue weighted by Gasteiger charge is -2.36. The summed E-state index contributed by atoms with van der Waals surface area (Å²) in [6, 6.07) is 11.7. The highest BCUT2D eigenvalue weighted by molar-refractivity contribution is 5.16. The van der Waals surface area contributed by atoms with Crippen molar-refractivity contribution in [1.82, 2.24) is 5.32 Å². The molecule has 0 heterocycles. The van der Waals surface area contributed by atoms with E-state index in [1.54, 1.807) is 0 Å². The fourth-order valence-electron chi connectivity index (χ4n) is 3.82. The molecule has 2 rings (SSSR count). The normalized spacial score (nSPS) is 24.2. The van der Waals surface area contributed by atoms with Gasteiger partial charge in [0.25, 0.3) is 0 Å². The summed E-state index contributed by atoms with van der Waals surface area (Å²) in [6.07, 6.45) is 8.11. The molecule has 1 unspecified atom stereocenters. The molecule has 0 spiro atoms. The van der Waals surface area contributed by atoms with Crippen LogP contribution in [0.15, 0.2) is 30.3 Å². The molecule has 1 aliphatic carbocycles. The summed E-state index contributed by atoms with van der Waals surface area (Å²) in [4.78, 5) is 0. The van der Waals surface area contributed by atoms with E-state index in [0.29, 0.717) is 6.04 Å².